The topological polar surface area (TPSA) is 38.3 Å². The first-order chi connectivity index (χ1) is 19.2. The molecule has 5 aliphatic carbocycles. The minimum atomic E-state index is -0.246. The summed E-state index contributed by atoms with van der Waals surface area (Å²) in [5.41, 5.74) is 1.90. The van der Waals surface area contributed by atoms with E-state index in [9.17, 15) is 4.79 Å². The summed E-state index contributed by atoms with van der Waals surface area (Å²) in [6, 6.07) is 0. The van der Waals surface area contributed by atoms with Gasteiger partial charge in [-0.15, -0.1) is 0 Å². The predicted octanol–water partition coefficient (Wildman–Crippen LogP) is 9.21. The quantitative estimate of drug-likeness (QED) is 0.182. The monoisotopic (exact) mass is 553 g/mol. The van der Waals surface area contributed by atoms with Gasteiger partial charge in [0.1, 0.15) is 0 Å². The Hall–Kier alpha value is -0.830. The highest BCUT2D eigenvalue weighted by molar-refractivity contribution is 5.86. The Balaban J connectivity index is 1.10. The maximum Gasteiger partial charge on any atom is 0.333 e. The molecule has 40 heavy (non-hydrogen) atoms. The van der Waals surface area contributed by atoms with Crippen LogP contribution in [-0.2, 0) is 9.53 Å². The number of rotatable bonds is 13. The lowest BCUT2D eigenvalue weighted by Gasteiger charge is -2.65. The number of carbonyl (C=O) groups is 1. The molecule has 3 heteroatoms. The normalized spacial score (nSPS) is 40.8. The van der Waals surface area contributed by atoms with E-state index in [1.165, 1.54) is 57.8 Å². The Kier molecular flexibility index (Phi) is 9.80. The minimum absolute atomic E-state index is 0.246. The van der Waals surface area contributed by atoms with Crippen LogP contribution in [-0.4, -0.2) is 26.2 Å². The van der Waals surface area contributed by atoms with Crippen LogP contribution in [0.3, 0.4) is 0 Å². The van der Waals surface area contributed by atoms with Crippen LogP contribution < -0.4 is 5.32 Å². The van der Waals surface area contributed by atoms with Crippen molar-refractivity contribution < 1.29 is 9.53 Å². The van der Waals surface area contributed by atoms with Gasteiger partial charge in [0.05, 0.1) is 6.61 Å². The fraction of sp³-hybridized carbons (Fsp3) is 0.919. The van der Waals surface area contributed by atoms with Crippen LogP contribution >= 0.6 is 0 Å². The second-order valence-corrected chi connectivity index (χ2v) is 16.3. The highest BCUT2D eigenvalue weighted by Crippen LogP contribution is 2.74. The molecule has 10 atom stereocenters. The van der Waals surface area contributed by atoms with Gasteiger partial charge >= 0.3 is 5.97 Å². The van der Waals surface area contributed by atoms with Crippen LogP contribution in [0.4, 0.5) is 0 Å². The van der Waals surface area contributed by atoms with Crippen molar-refractivity contribution in [2.75, 3.05) is 20.2 Å². The lowest BCUT2D eigenvalue weighted by molar-refractivity contribution is -0.164. The molecular formula is C37H63NO2. The van der Waals surface area contributed by atoms with Crippen molar-refractivity contribution >= 4 is 5.97 Å². The van der Waals surface area contributed by atoms with Crippen molar-refractivity contribution in [3.8, 4) is 0 Å². The molecule has 1 N–H and O–H groups in total. The number of fused-ring (bicyclic) bond motifs is 4. The lowest BCUT2D eigenvalue weighted by Crippen LogP contribution is -2.58. The summed E-state index contributed by atoms with van der Waals surface area (Å²) in [7, 11) is 2.00. The summed E-state index contributed by atoms with van der Waals surface area (Å²) in [4.78, 5) is 11.9. The summed E-state index contributed by atoms with van der Waals surface area (Å²) in [6.45, 7) is 14.4. The van der Waals surface area contributed by atoms with E-state index in [1.807, 2.05) is 7.05 Å². The fourth-order valence-electron chi connectivity index (χ4n) is 11.7. The highest BCUT2D eigenvalue weighted by atomic mass is 16.5. The van der Waals surface area contributed by atoms with Gasteiger partial charge in [0.15, 0.2) is 0 Å². The Bertz CT molecular complexity index is 881. The third kappa shape index (κ3) is 5.98. The average Bonchev–Trinajstić information content (AvgIpc) is 3.21. The molecule has 1 spiro atoms. The van der Waals surface area contributed by atoms with Crippen LogP contribution in [0, 0.1) is 64.1 Å². The summed E-state index contributed by atoms with van der Waals surface area (Å²) in [5.74, 6) is 8.24. The number of esters is 1. The van der Waals surface area contributed by atoms with E-state index < -0.39 is 0 Å². The van der Waals surface area contributed by atoms with Gasteiger partial charge in [-0.1, -0.05) is 59.5 Å². The summed E-state index contributed by atoms with van der Waals surface area (Å²) < 4.78 is 5.50. The molecule has 0 aliphatic heterocycles. The number of carbonyl (C=O) groups excluding carboxylic acids is 1. The predicted molar refractivity (Wildman–Crippen MR) is 167 cm³/mol. The lowest BCUT2D eigenvalue weighted by atomic mass is 9.39. The zero-order valence-electron chi connectivity index (χ0n) is 26.9. The number of ether oxygens (including phenoxy) is 1. The molecule has 0 aromatic carbocycles. The smallest absolute Gasteiger partial charge is 0.333 e. The first-order valence-electron chi connectivity index (χ1n) is 17.6. The molecule has 5 fully saturated rings. The maximum absolute atomic E-state index is 11.9. The van der Waals surface area contributed by atoms with E-state index in [0.29, 0.717) is 23.5 Å². The van der Waals surface area contributed by atoms with E-state index in [2.05, 4.69) is 32.7 Å². The van der Waals surface area contributed by atoms with E-state index in [4.69, 9.17) is 4.74 Å². The molecule has 5 saturated carbocycles. The highest BCUT2D eigenvalue weighted by Gasteiger charge is 2.66. The molecule has 0 aromatic heterocycles. The van der Waals surface area contributed by atoms with Gasteiger partial charge in [-0.05, 0) is 143 Å². The van der Waals surface area contributed by atoms with Crippen molar-refractivity contribution in [2.24, 2.45) is 64.1 Å². The van der Waals surface area contributed by atoms with Crippen molar-refractivity contribution in [2.45, 2.75) is 130 Å². The van der Waals surface area contributed by atoms with Gasteiger partial charge in [0.2, 0.25) is 0 Å². The second-order valence-electron chi connectivity index (χ2n) is 16.3. The number of nitrogens with one attached hydrogen (secondary N) is 1. The molecule has 5 aliphatic rings. The molecule has 0 amide bonds. The largest absolute Gasteiger partial charge is 0.462 e. The number of hydrogen-bond acceptors (Lipinski definition) is 3. The minimum Gasteiger partial charge on any atom is -0.462 e. The zero-order valence-corrected chi connectivity index (χ0v) is 26.9. The Morgan fingerprint density at radius 2 is 1.75 bits per heavy atom. The van der Waals surface area contributed by atoms with Crippen molar-refractivity contribution in [3.05, 3.63) is 12.2 Å². The van der Waals surface area contributed by atoms with Crippen LogP contribution in [0.25, 0.3) is 0 Å². The van der Waals surface area contributed by atoms with Crippen molar-refractivity contribution in [1.82, 2.24) is 5.32 Å². The van der Waals surface area contributed by atoms with Gasteiger partial charge < -0.3 is 10.1 Å². The maximum atomic E-state index is 11.9. The van der Waals surface area contributed by atoms with Gasteiger partial charge in [-0.25, -0.2) is 4.79 Å². The van der Waals surface area contributed by atoms with Gasteiger partial charge in [-0.3, -0.25) is 0 Å². The molecule has 5 rings (SSSR count). The fourth-order valence-corrected chi connectivity index (χ4v) is 11.7. The summed E-state index contributed by atoms with van der Waals surface area (Å²) in [5, 5.41) is 3.30. The summed E-state index contributed by atoms with van der Waals surface area (Å²) >= 11 is 0. The van der Waals surface area contributed by atoms with Gasteiger partial charge in [0, 0.05) is 18.0 Å². The van der Waals surface area contributed by atoms with Gasteiger partial charge in [0.25, 0.3) is 0 Å². The van der Waals surface area contributed by atoms with E-state index in [0.717, 1.165) is 65.7 Å². The van der Waals surface area contributed by atoms with Gasteiger partial charge in [-0.2, -0.15) is 0 Å². The Morgan fingerprint density at radius 1 is 0.975 bits per heavy atom. The molecule has 0 bridgehead atoms. The average molecular weight is 554 g/mol. The van der Waals surface area contributed by atoms with Crippen LogP contribution in [0.15, 0.2) is 12.2 Å². The first kappa shape index (κ1) is 30.6. The SMILES string of the molecule is C=C(C)C(=O)OCC(CCC[C@H]1CC[C@@]2(C)C(CCC3C2CC[C@]24C[C@H](CCCC(C)C)[C@H]2CCC34)C1)CNC. The second kappa shape index (κ2) is 12.8. The standard InChI is InChI=1S/C37H63NO2/c1-25(2)9-7-12-29-22-37-20-18-33-31(34(37)16-15-32(29)37)14-13-30-21-27(17-19-36(30,33)5)10-8-11-28(23-38-6)24-40-35(39)26(3)4/h25,27-34,38H,3,7-24H2,1-2,4-6H3/t27-,28?,29-,30?,31?,32+,33?,34?,36-,37-/m0/s1. The van der Waals surface area contributed by atoms with E-state index in [1.54, 1.807) is 45.4 Å². The molecule has 5 unspecified atom stereocenters. The third-order valence-electron chi connectivity index (χ3n) is 13.6. The molecule has 0 radical (unpaired) electrons. The molecule has 0 saturated heterocycles. The van der Waals surface area contributed by atoms with E-state index >= 15 is 0 Å². The molecular weight excluding hydrogens is 490 g/mol. The molecule has 3 nitrogen and oxygen atoms in total. The molecule has 0 aromatic rings. The number of hydrogen-bond donors (Lipinski definition) is 1. The zero-order chi connectivity index (χ0) is 28.5. The first-order valence-corrected chi connectivity index (χ1v) is 17.6. The van der Waals surface area contributed by atoms with E-state index in [-0.39, 0.29) is 5.97 Å². The van der Waals surface area contributed by atoms with Crippen LogP contribution in [0.1, 0.15) is 130 Å². The molecule has 0 heterocycles. The summed E-state index contributed by atoms with van der Waals surface area (Å²) in [6.07, 6.45) is 23.6. The third-order valence-corrected chi connectivity index (χ3v) is 13.6. The van der Waals surface area contributed by atoms with Crippen LogP contribution in [0.5, 0.6) is 0 Å². The Labute approximate surface area is 247 Å². The van der Waals surface area contributed by atoms with Crippen LogP contribution in [0.2, 0.25) is 0 Å². The van der Waals surface area contributed by atoms with Crippen molar-refractivity contribution in [1.29, 1.82) is 0 Å². The molecule has 228 valence electrons. The van der Waals surface area contributed by atoms with Crippen molar-refractivity contribution in [3.63, 3.8) is 0 Å². The Morgan fingerprint density at radius 3 is 2.50 bits per heavy atom.